The van der Waals surface area contributed by atoms with E-state index in [1.165, 1.54) is 0 Å². The van der Waals surface area contributed by atoms with Crippen LogP contribution < -0.4 is 0 Å². The van der Waals surface area contributed by atoms with Crippen LogP contribution in [0.3, 0.4) is 0 Å². The molecule has 3 rings (SSSR count). The van der Waals surface area contributed by atoms with E-state index in [1.807, 2.05) is 24.3 Å². The lowest BCUT2D eigenvalue weighted by molar-refractivity contribution is 0.0418. The van der Waals surface area contributed by atoms with Crippen molar-refractivity contribution >= 4 is 11.6 Å². The van der Waals surface area contributed by atoms with E-state index in [2.05, 4.69) is 9.88 Å². The number of aromatic nitrogens is 1. The standard InChI is InChI=1S/C14H15ClN2O2/c15-12-3-1-2-11(4-12)13-5-16-14(19-13)8-17-6-10(7-17)9-18/h1-5,10,18H,6-9H2. The number of hydrogen-bond acceptors (Lipinski definition) is 4. The molecule has 0 aliphatic carbocycles. The van der Waals surface area contributed by atoms with Crippen LogP contribution in [0.4, 0.5) is 0 Å². The molecule has 1 aliphatic heterocycles. The zero-order valence-corrected chi connectivity index (χ0v) is 11.2. The first-order valence-electron chi connectivity index (χ1n) is 6.28. The molecule has 2 aromatic rings. The zero-order valence-electron chi connectivity index (χ0n) is 10.4. The molecule has 0 atom stereocenters. The van der Waals surface area contributed by atoms with Crippen molar-refractivity contribution in [3.63, 3.8) is 0 Å². The monoisotopic (exact) mass is 278 g/mol. The molecule has 100 valence electrons. The van der Waals surface area contributed by atoms with Gasteiger partial charge in [-0.2, -0.15) is 0 Å². The van der Waals surface area contributed by atoms with Crippen LogP contribution in [0, 0.1) is 5.92 Å². The van der Waals surface area contributed by atoms with Gasteiger partial charge in [0.2, 0.25) is 5.89 Å². The molecule has 1 aliphatic rings. The third kappa shape index (κ3) is 2.81. The highest BCUT2D eigenvalue weighted by molar-refractivity contribution is 6.30. The maximum atomic E-state index is 8.97. The van der Waals surface area contributed by atoms with Gasteiger partial charge in [0.05, 0.1) is 12.7 Å². The molecule has 1 aromatic carbocycles. The van der Waals surface area contributed by atoms with Gasteiger partial charge in [-0.25, -0.2) is 4.98 Å². The fourth-order valence-electron chi connectivity index (χ4n) is 2.27. The Balaban J connectivity index is 1.67. The van der Waals surface area contributed by atoms with Crippen molar-refractivity contribution in [2.45, 2.75) is 6.54 Å². The van der Waals surface area contributed by atoms with Gasteiger partial charge in [-0.3, -0.25) is 4.90 Å². The summed E-state index contributed by atoms with van der Waals surface area (Å²) < 4.78 is 5.73. The first kappa shape index (κ1) is 12.7. The second-order valence-electron chi connectivity index (χ2n) is 4.87. The average molecular weight is 279 g/mol. The summed E-state index contributed by atoms with van der Waals surface area (Å²) in [7, 11) is 0. The normalized spacial score (nSPS) is 16.5. The molecular formula is C14H15ClN2O2. The van der Waals surface area contributed by atoms with Gasteiger partial charge in [0, 0.05) is 36.2 Å². The smallest absolute Gasteiger partial charge is 0.209 e. The van der Waals surface area contributed by atoms with Gasteiger partial charge in [0.25, 0.3) is 0 Å². The van der Waals surface area contributed by atoms with Crippen LogP contribution in [0.5, 0.6) is 0 Å². The number of halogens is 1. The van der Waals surface area contributed by atoms with Gasteiger partial charge in [0.15, 0.2) is 5.76 Å². The summed E-state index contributed by atoms with van der Waals surface area (Å²) in [5.74, 6) is 1.84. The van der Waals surface area contributed by atoms with E-state index in [0.717, 1.165) is 24.4 Å². The van der Waals surface area contributed by atoms with Crippen LogP contribution >= 0.6 is 11.6 Å². The molecule has 0 radical (unpaired) electrons. The van der Waals surface area contributed by atoms with E-state index in [0.29, 0.717) is 23.4 Å². The van der Waals surface area contributed by atoms with E-state index < -0.39 is 0 Å². The van der Waals surface area contributed by atoms with Crippen LogP contribution in [0.25, 0.3) is 11.3 Å². The molecule has 5 heteroatoms. The molecule has 0 spiro atoms. The van der Waals surface area contributed by atoms with Gasteiger partial charge in [0.1, 0.15) is 0 Å². The van der Waals surface area contributed by atoms with Gasteiger partial charge in [-0.05, 0) is 12.1 Å². The summed E-state index contributed by atoms with van der Waals surface area (Å²) in [6, 6.07) is 7.53. The van der Waals surface area contributed by atoms with Gasteiger partial charge in [-0.15, -0.1) is 0 Å². The van der Waals surface area contributed by atoms with E-state index in [1.54, 1.807) is 6.20 Å². The number of hydrogen-bond donors (Lipinski definition) is 1. The van der Waals surface area contributed by atoms with Crippen LogP contribution in [0.1, 0.15) is 5.89 Å². The predicted molar refractivity (Wildman–Crippen MR) is 72.8 cm³/mol. The fraction of sp³-hybridized carbons (Fsp3) is 0.357. The molecule has 1 fully saturated rings. The maximum Gasteiger partial charge on any atom is 0.209 e. The van der Waals surface area contributed by atoms with Gasteiger partial charge in [-0.1, -0.05) is 23.7 Å². The Labute approximate surface area is 116 Å². The topological polar surface area (TPSA) is 49.5 Å². The van der Waals surface area contributed by atoms with Crippen molar-refractivity contribution in [2.24, 2.45) is 5.92 Å². The minimum absolute atomic E-state index is 0.260. The number of aliphatic hydroxyl groups excluding tert-OH is 1. The minimum atomic E-state index is 0.260. The fourth-order valence-corrected chi connectivity index (χ4v) is 2.46. The number of likely N-dealkylation sites (tertiary alicyclic amines) is 1. The molecular weight excluding hydrogens is 264 g/mol. The van der Waals surface area contributed by atoms with E-state index in [-0.39, 0.29) is 6.61 Å². The van der Waals surface area contributed by atoms with Crippen molar-refractivity contribution in [3.05, 3.63) is 41.4 Å². The molecule has 0 unspecified atom stereocenters. The van der Waals surface area contributed by atoms with Crippen LogP contribution in [-0.4, -0.2) is 34.7 Å². The van der Waals surface area contributed by atoms with Crippen LogP contribution in [0.15, 0.2) is 34.9 Å². The Kier molecular flexibility index (Phi) is 3.55. The Morgan fingerprint density at radius 2 is 2.26 bits per heavy atom. The number of rotatable bonds is 4. The molecule has 1 saturated heterocycles. The molecule has 2 heterocycles. The average Bonchev–Trinajstić information content (AvgIpc) is 2.82. The number of oxazole rings is 1. The first-order chi connectivity index (χ1) is 9.24. The van der Waals surface area contributed by atoms with E-state index in [9.17, 15) is 0 Å². The Morgan fingerprint density at radius 1 is 1.42 bits per heavy atom. The lowest BCUT2D eigenvalue weighted by Gasteiger charge is -2.37. The van der Waals surface area contributed by atoms with Crippen molar-refractivity contribution in [2.75, 3.05) is 19.7 Å². The second kappa shape index (κ2) is 5.33. The Hall–Kier alpha value is -1.36. The molecule has 1 aromatic heterocycles. The minimum Gasteiger partial charge on any atom is -0.439 e. The Morgan fingerprint density at radius 3 is 3.00 bits per heavy atom. The van der Waals surface area contributed by atoms with E-state index in [4.69, 9.17) is 21.1 Å². The summed E-state index contributed by atoms with van der Waals surface area (Å²) in [6.45, 7) is 2.77. The summed E-state index contributed by atoms with van der Waals surface area (Å²) in [4.78, 5) is 6.48. The summed E-state index contributed by atoms with van der Waals surface area (Å²) in [5.41, 5.74) is 0.933. The number of aliphatic hydroxyl groups is 1. The van der Waals surface area contributed by atoms with Crippen LogP contribution in [0.2, 0.25) is 5.02 Å². The molecule has 1 N–H and O–H groups in total. The van der Waals surface area contributed by atoms with Gasteiger partial charge >= 0.3 is 0 Å². The quantitative estimate of drug-likeness (QED) is 0.933. The van der Waals surface area contributed by atoms with Crippen LogP contribution in [-0.2, 0) is 6.54 Å². The Bertz CT molecular complexity index is 564. The zero-order chi connectivity index (χ0) is 13.2. The highest BCUT2D eigenvalue weighted by Crippen LogP contribution is 2.25. The number of benzene rings is 1. The predicted octanol–water partition coefficient (Wildman–Crippen LogP) is 2.42. The molecule has 19 heavy (non-hydrogen) atoms. The third-order valence-electron chi connectivity index (χ3n) is 3.31. The highest BCUT2D eigenvalue weighted by atomic mass is 35.5. The molecule has 4 nitrogen and oxygen atoms in total. The summed E-state index contributed by atoms with van der Waals surface area (Å²) in [5, 5.41) is 9.65. The number of nitrogens with zero attached hydrogens (tertiary/aromatic N) is 2. The maximum absolute atomic E-state index is 8.97. The van der Waals surface area contributed by atoms with Crippen molar-refractivity contribution in [3.8, 4) is 11.3 Å². The molecule has 0 saturated carbocycles. The van der Waals surface area contributed by atoms with Crippen molar-refractivity contribution in [1.29, 1.82) is 0 Å². The summed E-state index contributed by atoms with van der Waals surface area (Å²) >= 11 is 5.96. The van der Waals surface area contributed by atoms with Crippen molar-refractivity contribution in [1.82, 2.24) is 9.88 Å². The molecule has 0 amide bonds. The van der Waals surface area contributed by atoms with Crippen molar-refractivity contribution < 1.29 is 9.52 Å². The lowest BCUT2D eigenvalue weighted by atomic mass is 10.0. The molecule has 0 bridgehead atoms. The first-order valence-corrected chi connectivity index (χ1v) is 6.66. The second-order valence-corrected chi connectivity index (χ2v) is 5.31. The summed E-state index contributed by atoms with van der Waals surface area (Å²) in [6.07, 6.45) is 1.73. The third-order valence-corrected chi connectivity index (χ3v) is 3.55. The SMILES string of the molecule is OCC1CN(Cc2ncc(-c3cccc(Cl)c3)o2)C1. The largest absolute Gasteiger partial charge is 0.439 e. The lowest BCUT2D eigenvalue weighted by Crippen LogP contribution is -2.47. The highest BCUT2D eigenvalue weighted by Gasteiger charge is 2.26. The van der Waals surface area contributed by atoms with E-state index >= 15 is 0 Å². The van der Waals surface area contributed by atoms with Gasteiger partial charge < -0.3 is 9.52 Å².